The van der Waals surface area contributed by atoms with Crippen LogP contribution in [0.2, 0.25) is 5.02 Å². The van der Waals surface area contributed by atoms with Crippen LogP contribution in [0, 0.1) is 5.92 Å². The summed E-state index contributed by atoms with van der Waals surface area (Å²) in [6, 6.07) is 9.07. The maximum absolute atomic E-state index is 11.9. The molecule has 6 heteroatoms. The van der Waals surface area contributed by atoms with Gasteiger partial charge < -0.3 is 15.4 Å². The molecule has 120 valence electrons. The largest absolute Gasteiger partial charge is 0.495 e. The summed E-state index contributed by atoms with van der Waals surface area (Å²) in [5.41, 5.74) is 1.52. The van der Waals surface area contributed by atoms with E-state index in [-0.39, 0.29) is 11.8 Å². The van der Waals surface area contributed by atoms with Gasteiger partial charge in [-0.1, -0.05) is 18.0 Å². The van der Waals surface area contributed by atoms with E-state index in [0.29, 0.717) is 22.3 Å². The first-order chi connectivity index (χ1) is 11.2. The van der Waals surface area contributed by atoms with Crippen LogP contribution in [-0.4, -0.2) is 18.0 Å². The van der Waals surface area contributed by atoms with Gasteiger partial charge in [-0.25, -0.2) is 4.98 Å². The Morgan fingerprint density at radius 1 is 1.26 bits per heavy atom. The molecule has 5 nitrogen and oxygen atoms in total. The molecule has 1 heterocycles. The third-order valence-electron chi connectivity index (χ3n) is 3.93. The van der Waals surface area contributed by atoms with Gasteiger partial charge in [0.05, 0.1) is 24.0 Å². The Kier molecular flexibility index (Phi) is 4.67. The number of rotatable bonds is 5. The number of pyridine rings is 1. The summed E-state index contributed by atoms with van der Waals surface area (Å²) in [5.74, 6) is 1.54. The van der Waals surface area contributed by atoms with Crippen molar-refractivity contribution in [3.05, 3.63) is 41.6 Å². The summed E-state index contributed by atoms with van der Waals surface area (Å²) >= 11 is 6.09. The number of carbonyl (C=O) groups excluding carboxylic acids is 1. The fourth-order valence-corrected chi connectivity index (χ4v) is 2.61. The quantitative estimate of drug-likeness (QED) is 0.860. The summed E-state index contributed by atoms with van der Waals surface area (Å²) < 4.78 is 5.12. The molecule has 0 saturated heterocycles. The molecular weight excluding hydrogens is 314 g/mol. The highest BCUT2D eigenvalue weighted by atomic mass is 35.5. The number of amides is 1. The number of anilines is 3. The van der Waals surface area contributed by atoms with Gasteiger partial charge in [0.15, 0.2) is 0 Å². The Bertz CT molecular complexity index is 699. The summed E-state index contributed by atoms with van der Waals surface area (Å²) in [5, 5.41) is 6.58. The molecule has 1 aliphatic rings. The molecular formula is C17H18ClN3O2. The lowest BCUT2D eigenvalue weighted by Crippen LogP contribution is -2.28. The summed E-state index contributed by atoms with van der Waals surface area (Å²) in [6.45, 7) is 0. The van der Waals surface area contributed by atoms with Gasteiger partial charge in [0.1, 0.15) is 11.6 Å². The van der Waals surface area contributed by atoms with E-state index >= 15 is 0 Å². The normalized spacial score (nSPS) is 14.0. The highest BCUT2D eigenvalue weighted by Gasteiger charge is 2.25. The molecule has 0 radical (unpaired) electrons. The van der Waals surface area contributed by atoms with E-state index in [0.717, 1.165) is 24.9 Å². The van der Waals surface area contributed by atoms with Crippen LogP contribution in [0.25, 0.3) is 0 Å². The minimum atomic E-state index is 0.0840. The SMILES string of the molecule is COc1ccc(Nc2ccc(NC(=O)C3CCC3)cn2)cc1Cl. The third-order valence-corrected chi connectivity index (χ3v) is 4.23. The fraction of sp³-hybridized carbons (Fsp3) is 0.294. The maximum atomic E-state index is 11.9. The van der Waals surface area contributed by atoms with Gasteiger partial charge >= 0.3 is 0 Å². The summed E-state index contributed by atoms with van der Waals surface area (Å²) in [4.78, 5) is 16.2. The first-order valence-corrected chi connectivity index (χ1v) is 7.91. The smallest absolute Gasteiger partial charge is 0.227 e. The second-order valence-electron chi connectivity index (χ2n) is 5.52. The zero-order valence-corrected chi connectivity index (χ0v) is 13.6. The lowest BCUT2D eigenvalue weighted by molar-refractivity contribution is -0.122. The van der Waals surface area contributed by atoms with Crippen molar-refractivity contribution in [2.24, 2.45) is 5.92 Å². The van der Waals surface area contributed by atoms with E-state index in [9.17, 15) is 4.79 Å². The van der Waals surface area contributed by atoms with E-state index < -0.39 is 0 Å². The number of hydrogen-bond donors (Lipinski definition) is 2. The molecule has 3 rings (SSSR count). The molecule has 1 fully saturated rings. The van der Waals surface area contributed by atoms with Crippen molar-refractivity contribution in [2.75, 3.05) is 17.7 Å². The monoisotopic (exact) mass is 331 g/mol. The average Bonchev–Trinajstić information content (AvgIpc) is 2.48. The van der Waals surface area contributed by atoms with Crippen LogP contribution in [-0.2, 0) is 4.79 Å². The van der Waals surface area contributed by atoms with Gasteiger partial charge in [0.25, 0.3) is 0 Å². The Labute approximate surface area is 140 Å². The van der Waals surface area contributed by atoms with Crippen LogP contribution in [0.1, 0.15) is 19.3 Å². The van der Waals surface area contributed by atoms with Crippen molar-refractivity contribution in [3.8, 4) is 5.75 Å². The number of benzene rings is 1. The molecule has 0 spiro atoms. The van der Waals surface area contributed by atoms with Crippen LogP contribution in [0.4, 0.5) is 17.2 Å². The van der Waals surface area contributed by atoms with Crippen LogP contribution in [0.15, 0.2) is 36.5 Å². The number of nitrogens with zero attached hydrogens (tertiary/aromatic N) is 1. The number of aromatic nitrogens is 1. The van der Waals surface area contributed by atoms with Gasteiger partial charge in [-0.15, -0.1) is 0 Å². The molecule has 0 atom stereocenters. The number of carbonyl (C=O) groups is 1. The van der Waals surface area contributed by atoms with Gasteiger partial charge in [-0.3, -0.25) is 4.79 Å². The van der Waals surface area contributed by atoms with E-state index in [1.54, 1.807) is 25.4 Å². The van der Waals surface area contributed by atoms with Gasteiger partial charge in [-0.2, -0.15) is 0 Å². The predicted molar refractivity (Wildman–Crippen MR) is 91.5 cm³/mol. The molecule has 23 heavy (non-hydrogen) atoms. The van der Waals surface area contributed by atoms with Crippen LogP contribution >= 0.6 is 11.6 Å². The van der Waals surface area contributed by atoms with E-state index in [1.807, 2.05) is 18.2 Å². The Morgan fingerprint density at radius 2 is 2.04 bits per heavy atom. The lowest BCUT2D eigenvalue weighted by Gasteiger charge is -2.23. The number of ether oxygens (including phenoxy) is 1. The fourth-order valence-electron chi connectivity index (χ4n) is 2.35. The molecule has 1 amide bonds. The van der Waals surface area contributed by atoms with E-state index in [1.165, 1.54) is 0 Å². The third kappa shape index (κ3) is 3.74. The molecule has 1 saturated carbocycles. The molecule has 1 aromatic heterocycles. The minimum Gasteiger partial charge on any atom is -0.495 e. The van der Waals surface area contributed by atoms with Crippen molar-refractivity contribution in [1.82, 2.24) is 4.98 Å². The summed E-state index contributed by atoms with van der Waals surface area (Å²) in [6.07, 6.45) is 4.75. The second-order valence-corrected chi connectivity index (χ2v) is 5.93. The second kappa shape index (κ2) is 6.87. The van der Waals surface area contributed by atoms with Crippen molar-refractivity contribution in [2.45, 2.75) is 19.3 Å². The topological polar surface area (TPSA) is 63.2 Å². The van der Waals surface area contributed by atoms with Crippen molar-refractivity contribution in [3.63, 3.8) is 0 Å². The van der Waals surface area contributed by atoms with Gasteiger partial charge in [0, 0.05) is 11.6 Å². The van der Waals surface area contributed by atoms with Gasteiger partial charge in [-0.05, 0) is 43.2 Å². The number of halogens is 1. The predicted octanol–water partition coefficient (Wildman–Crippen LogP) is 4.23. The van der Waals surface area contributed by atoms with Crippen LogP contribution < -0.4 is 15.4 Å². The standard InChI is InChI=1S/C17H18ClN3O2/c1-23-15-7-5-12(9-14(15)18)20-16-8-6-13(10-19-16)21-17(22)11-3-2-4-11/h5-11H,2-4H2,1H3,(H,19,20)(H,21,22). The Balaban J connectivity index is 1.62. The summed E-state index contributed by atoms with van der Waals surface area (Å²) in [7, 11) is 1.58. The first kappa shape index (κ1) is 15.6. The van der Waals surface area contributed by atoms with Crippen molar-refractivity contribution in [1.29, 1.82) is 0 Å². The van der Waals surface area contributed by atoms with E-state index in [4.69, 9.17) is 16.3 Å². The molecule has 1 aromatic carbocycles. The molecule has 0 unspecified atom stereocenters. The van der Waals surface area contributed by atoms with E-state index in [2.05, 4.69) is 15.6 Å². The highest BCUT2D eigenvalue weighted by molar-refractivity contribution is 6.32. The minimum absolute atomic E-state index is 0.0840. The van der Waals surface area contributed by atoms with Crippen molar-refractivity contribution >= 4 is 34.7 Å². The molecule has 0 bridgehead atoms. The lowest BCUT2D eigenvalue weighted by atomic mass is 9.85. The zero-order chi connectivity index (χ0) is 16.2. The van der Waals surface area contributed by atoms with Gasteiger partial charge in [0.2, 0.25) is 5.91 Å². The Morgan fingerprint density at radius 3 is 2.61 bits per heavy atom. The number of nitrogens with one attached hydrogen (secondary N) is 2. The molecule has 1 aliphatic carbocycles. The van der Waals surface area contributed by atoms with Crippen LogP contribution in [0.5, 0.6) is 5.75 Å². The molecule has 0 aliphatic heterocycles. The van der Waals surface area contributed by atoms with Crippen LogP contribution in [0.3, 0.4) is 0 Å². The van der Waals surface area contributed by atoms with Crippen molar-refractivity contribution < 1.29 is 9.53 Å². The zero-order valence-electron chi connectivity index (χ0n) is 12.8. The number of methoxy groups -OCH3 is 1. The number of hydrogen-bond acceptors (Lipinski definition) is 4. The Hall–Kier alpha value is -2.27. The molecule has 2 aromatic rings. The first-order valence-electron chi connectivity index (χ1n) is 7.53. The average molecular weight is 332 g/mol. The highest BCUT2D eigenvalue weighted by Crippen LogP contribution is 2.29. The molecule has 2 N–H and O–H groups in total. The maximum Gasteiger partial charge on any atom is 0.227 e.